The summed E-state index contributed by atoms with van der Waals surface area (Å²) >= 11 is 0. The van der Waals surface area contributed by atoms with Gasteiger partial charge in [0.05, 0.1) is 0 Å². The topological polar surface area (TPSA) is 20.3 Å². The first-order valence-electron chi connectivity index (χ1n) is 8.20. The third kappa shape index (κ3) is 3.94. The average Bonchev–Trinajstić information content (AvgIpc) is 3.02. The predicted octanol–water partition coefficient (Wildman–Crippen LogP) is 3.92. The number of fused-ring (bicyclic) bond motifs is 1. The molecule has 2 aliphatic carbocycles. The van der Waals surface area contributed by atoms with Crippen molar-refractivity contribution < 1.29 is 4.79 Å². The normalized spacial score (nSPS) is 38.5. The van der Waals surface area contributed by atoms with Gasteiger partial charge in [0.25, 0.3) is 0 Å². The van der Waals surface area contributed by atoms with Crippen LogP contribution in [-0.2, 0) is 4.79 Å². The summed E-state index contributed by atoms with van der Waals surface area (Å²) in [5.74, 6) is 1.65. The summed E-state index contributed by atoms with van der Waals surface area (Å²) in [6.07, 6.45) is 11.2. The van der Waals surface area contributed by atoms with Crippen LogP contribution < -0.4 is 0 Å². The van der Waals surface area contributed by atoms with E-state index in [9.17, 15) is 4.79 Å². The van der Waals surface area contributed by atoms with Crippen molar-refractivity contribution in [3.8, 4) is 0 Å². The Kier molecular flexibility index (Phi) is 5.06. The fourth-order valence-corrected chi connectivity index (χ4v) is 3.94. The average molecular weight is 277 g/mol. The van der Waals surface area contributed by atoms with Crippen molar-refractivity contribution in [1.29, 1.82) is 0 Å². The third-order valence-electron chi connectivity index (χ3n) is 5.60. The van der Waals surface area contributed by atoms with Gasteiger partial charge in [-0.3, -0.25) is 0 Å². The van der Waals surface area contributed by atoms with Gasteiger partial charge in [-0.25, -0.2) is 0 Å². The summed E-state index contributed by atoms with van der Waals surface area (Å²) in [4.78, 5) is 13.7. The van der Waals surface area contributed by atoms with Crippen LogP contribution >= 0.6 is 0 Å². The molecule has 2 heteroatoms. The van der Waals surface area contributed by atoms with Gasteiger partial charge >= 0.3 is 0 Å². The Bertz CT molecular complexity index is 374. The maximum atomic E-state index is 11.5. The zero-order chi connectivity index (χ0) is 14.8. The molecule has 114 valence electrons. The first-order chi connectivity index (χ1) is 9.44. The van der Waals surface area contributed by atoms with Crippen LogP contribution in [0.15, 0.2) is 11.6 Å². The molecule has 0 amide bonds. The Labute approximate surface area is 124 Å². The molecule has 0 saturated heterocycles. The molecular weight excluding hydrogens is 246 g/mol. The Morgan fingerprint density at radius 3 is 2.90 bits per heavy atom. The second-order valence-corrected chi connectivity index (χ2v) is 7.74. The van der Waals surface area contributed by atoms with Crippen LogP contribution in [0.25, 0.3) is 0 Å². The first kappa shape index (κ1) is 15.8. The molecular formula is C18H31NO. The molecule has 2 nitrogen and oxygen atoms in total. The van der Waals surface area contributed by atoms with Gasteiger partial charge < -0.3 is 9.69 Å². The van der Waals surface area contributed by atoms with Crippen molar-refractivity contribution >= 4 is 6.29 Å². The Morgan fingerprint density at radius 2 is 2.25 bits per heavy atom. The van der Waals surface area contributed by atoms with E-state index >= 15 is 0 Å². The van der Waals surface area contributed by atoms with Crippen LogP contribution in [0.3, 0.4) is 0 Å². The quantitative estimate of drug-likeness (QED) is 0.573. The number of carbonyl (C=O) groups excluding carboxylic acids is 1. The van der Waals surface area contributed by atoms with E-state index in [-0.39, 0.29) is 5.92 Å². The molecule has 1 saturated carbocycles. The zero-order valence-electron chi connectivity index (χ0n) is 13.7. The second kappa shape index (κ2) is 6.43. The zero-order valence-corrected chi connectivity index (χ0v) is 13.7. The smallest absolute Gasteiger partial charge is 0.124 e. The van der Waals surface area contributed by atoms with Gasteiger partial charge in [0, 0.05) is 12.5 Å². The van der Waals surface area contributed by atoms with Gasteiger partial charge in [-0.05, 0) is 76.8 Å². The maximum Gasteiger partial charge on any atom is 0.124 e. The van der Waals surface area contributed by atoms with Gasteiger partial charge in [-0.2, -0.15) is 0 Å². The van der Waals surface area contributed by atoms with E-state index in [1.807, 2.05) is 0 Å². The number of rotatable bonds is 4. The highest BCUT2D eigenvalue weighted by molar-refractivity contribution is 5.54. The highest BCUT2D eigenvalue weighted by atomic mass is 16.1. The second-order valence-electron chi connectivity index (χ2n) is 7.74. The number of nitrogens with zero attached hydrogens (tertiary/aromatic N) is 1. The number of carbonyl (C=O) groups is 1. The summed E-state index contributed by atoms with van der Waals surface area (Å²) < 4.78 is 0. The van der Waals surface area contributed by atoms with E-state index in [4.69, 9.17) is 0 Å². The fourth-order valence-electron chi connectivity index (χ4n) is 3.94. The van der Waals surface area contributed by atoms with Crippen molar-refractivity contribution in [2.45, 2.75) is 52.4 Å². The van der Waals surface area contributed by atoms with Gasteiger partial charge in [-0.15, -0.1) is 0 Å². The number of allylic oxidation sites excluding steroid dienone is 2. The molecule has 0 radical (unpaired) electrons. The lowest BCUT2D eigenvalue weighted by molar-refractivity contribution is -0.113. The summed E-state index contributed by atoms with van der Waals surface area (Å²) in [5, 5.41) is 0. The summed E-state index contributed by atoms with van der Waals surface area (Å²) in [6.45, 7) is 5.61. The van der Waals surface area contributed by atoms with E-state index in [2.05, 4.69) is 38.9 Å². The van der Waals surface area contributed by atoms with Gasteiger partial charge in [0.1, 0.15) is 6.29 Å². The highest BCUT2D eigenvalue weighted by Crippen LogP contribution is 2.59. The van der Waals surface area contributed by atoms with Crippen LogP contribution in [0, 0.1) is 23.2 Å². The standard InChI is InChI=1S/C18H31NO/c1-14-6-5-9-18(2)11-17(18)10-15(8-7-14)16(13-20)12-19(3)4/h6,13,15-17H,5,7-12H2,1-4H3/b14-6+. The largest absolute Gasteiger partial charge is 0.309 e. The van der Waals surface area contributed by atoms with E-state index in [1.54, 1.807) is 0 Å². The van der Waals surface area contributed by atoms with Crippen LogP contribution in [-0.4, -0.2) is 31.8 Å². The molecule has 0 aromatic heterocycles. The number of hydrogen-bond acceptors (Lipinski definition) is 2. The molecule has 0 aromatic carbocycles. The molecule has 0 heterocycles. The van der Waals surface area contributed by atoms with E-state index in [0.717, 1.165) is 12.5 Å². The molecule has 0 spiro atoms. The molecule has 20 heavy (non-hydrogen) atoms. The minimum Gasteiger partial charge on any atom is -0.309 e. The van der Waals surface area contributed by atoms with Crippen LogP contribution in [0.2, 0.25) is 0 Å². The highest BCUT2D eigenvalue weighted by Gasteiger charge is 2.50. The molecule has 4 unspecified atom stereocenters. The monoisotopic (exact) mass is 277 g/mol. The van der Waals surface area contributed by atoms with Crippen molar-refractivity contribution in [2.24, 2.45) is 23.2 Å². The van der Waals surface area contributed by atoms with Crippen molar-refractivity contribution in [3.05, 3.63) is 11.6 Å². The summed E-state index contributed by atoms with van der Waals surface area (Å²) in [5.41, 5.74) is 2.09. The Morgan fingerprint density at radius 1 is 1.50 bits per heavy atom. The van der Waals surface area contributed by atoms with E-state index in [1.165, 1.54) is 50.4 Å². The minimum absolute atomic E-state index is 0.210. The van der Waals surface area contributed by atoms with Crippen LogP contribution in [0.4, 0.5) is 0 Å². The van der Waals surface area contributed by atoms with E-state index < -0.39 is 0 Å². The van der Waals surface area contributed by atoms with Gasteiger partial charge in [-0.1, -0.05) is 18.6 Å². The Hall–Kier alpha value is -0.630. The molecule has 4 atom stereocenters. The minimum atomic E-state index is 0.210. The number of hydrogen-bond donors (Lipinski definition) is 0. The maximum absolute atomic E-state index is 11.5. The summed E-state index contributed by atoms with van der Waals surface area (Å²) in [6, 6.07) is 0. The van der Waals surface area contributed by atoms with Gasteiger partial charge in [0.2, 0.25) is 0 Å². The summed E-state index contributed by atoms with van der Waals surface area (Å²) in [7, 11) is 4.14. The number of aldehydes is 1. The lowest BCUT2D eigenvalue weighted by atomic mass is 9.81. The molecule has 2 aliphatic rings. The van der Waals surface area contributed by atoms with E-state index in [0.29, 0.717) is 11.3 Å². The lowest BCUT2D eigenvalue weighted by Gasteiger charge is -2.27. The van der Waals surface area contributed by atoms with Crippen LogP contribution in [0.5, 0.6) is 0 Å². The molecule has 1 fully saturated rings. The Balaban J connectivity index is 2.07. The fraction of sp³-hybridized carbons (Fsp3) is 0.833. The SMILES string of the molecule is C/C1=C\CCC2(C)CC2CC(C(C=O)CN(C)C)CC1. The molecule has 0 bridgehead atoms. The predicted molar refractivity (Wildman–Crippen MR) is 84.7 cm³/mol. The first-order valence-corrected chi connectivity index (χ1v) is 8.20. The third-order valence-corrected chi connectivity index (χ3v) is 5.60. The van der Waals surface area contributed by atoms with Gasteiger partial charge in [0.15, 0.2) is 0 Å². The van der Waals surface area contributed by atoms with Crippen LogP contribution in [0.1, 0.15) is 52.4 Å². The van der Waals surface area contributed by atoms with Crippen molar-refractivity contribution in [2.75, 3.05) is 20.6 Å². The molecule has 2 rings (SSSR count). The molecule has 0 aromatic rings. The molecule has 0 aliphatic heterocycles. The van der Waals surface area contributed by atoms with Crippen molar-refractivity contribution in [3.63, 3.8) is 0 Å². The lowest BCUT2D eigenvalue weighted by Crippen LogP contribution is -2.29. The molecule has 0 N–H and O–H groups in total. The van der Waals surface area contributed by atoms with Crippen molar-refractivity contribution in [1.82, 2.24) is 4.90 Å².